The lowest BCUT2D eigenvalue weighted by molar-refractivity contribution is -0.890. The molecule has 0 spiro atoms. The molecule has 0 aliphatic rings. The Balaban J connectivity index is 0. The molecule has 0 heterocycles. The van der Waals surface area contributed by atoms with Crippen LogP contribution in [0.2, 0.25) is 0 Å². The van der Waals surface area contributed by atoms with Crippen LogP contribution in [0.25, 0.3) is 4.13 Å². The Morgan fingerprint density at radius 1 is 0.795 bits per heavy atom. The van der Waals surface area contributed by atoms with Gasteiger partial charge in [0.25, 0.3) is 0 Å². The van der Waals surface area contributed by atoms with E-state index >= 15 is 0 Å². The molecule has 0 bridgehead atoms. The number of aliphatic carboxylic acids is 1. The number of nitrogens with zero attached hydrogens (tertiary/aromatic N) is 2. The van der Waals surface area contributed by atoms with E-state index in [4.69, 9.17) is 9.84 Å². The fraction of sp³-hybridized carbons (Fsp3) is 0.810. The van der Waals surface area contributed by atoms with Gasteiger partial charge in [-0.25, -0.2) is 21.6 Å². The van der Waals surface area contributed by atoms with E-state index < -0.39 is 37.0 Å². The molecule has 0 aliphatic carbocycles. The van der Waals surface area contributed by atoms with Crippen LogP contribution in [0, 0.1) is 0 Å². The highest BCUT2D eigenvalue weighted by Crippen LogP contribution is 2.36. The Kier molecular flexibility index (Phi) is 17.8. The average Bonchev–Trinajstić information content (AvgIpc) is 2.75. The number of carboxylic acids is 1. The van der Waals surface area contributed by atoms with Gasteiger partial charge >= 0.3 is 23.0 Å². The van der Waals surface area contributed by atoms with Gasteiger partial charge in [0.15, 0.2) is 20.0 Å². The number of alkyl halides is 6. The maximum absolute atomic E-state index is 11.4. The van der Waals surface area contributed by atoms with Crippen LogP contribution >= 0.6 is 0 Å². The Labute approximate surface area is 225 Å². The summed E-state index contributed by atoms with van der Waals surface area (Å²) in [5.74, 6) is -1.03. The lowest BCUT2D eigenvalue weighted by atomic mass is 10.1. The lowest BCUT2D eigenvalue weighted by Crippen LogP contribution is -2.43. The molecule has 1 N–H and O–H groups in total. The van der Waals surface area contributed by atoms with Gasteiger partial charge in [-0.05, 0) is 19.3 Å². The quantitative estimate of drug-likeness (QED) is 0.0752. The van der Waals surface area contributed by atoms with Crippen LogP contribution in [0.4, 0.5) is 26.3 Å². The zero-order valence-electron chi connectivity index (χ0n) is 21.8. The van der Waals surface area contributed by atoms with Crippen LogP contribution < -0.4 is 0 Å². The number of esters is 1. The average molecular weight is 623 g/mol. The summed E-state index contributed by atoms with van der Waals surface area (Å²) in [6.45, 7) is 5.76. The van der Waals surface area contributed by atoms with Crippen LogP contribution in [0.3, 0.4) is 0 Å². The van der Waals surface area contributed by atoms with Gasteiger partial charge in [0.05, 0.1) is 20.6 Å². The van der Waals surface area contributed by atoms with E-state index in [1.54, 1.807) is 0 Å². The number of ether oxygens (including phenoxy) is 1. The van der Waals surface area contributed by atoms with E-state index in [0.717, 1.165) is 41.0 Å². The Morgan fingerprint density at radius 2 is 1.18 bits per heavy atom. The largest absolute Gasteiger partial charge is 0.481 e. The molecule has 18 heteroatoms. The van der Waals surface area contributed by atoms with Crippen molar-refractivity contribution in [3.63, 3.8) is 0 Å². The van der Waals surface area contributed by atoms with E-state index in [2.05, 4.69) is 20.7 Å². The summed E-state index contributed by atoms with van der Waals surface area (Å²) in [7, 11) is -9.11. The number of quaternary nitrogens is 1. The third kappa shape index (κ3) is 19.7. The van der Waals surface area contributed by atoms with E-state index in [1.165, 1.54) is 44.6 Å². The zero-order valence-corrected chi connectivity index (χ0v) is 23.4. The molecule has 0 aromatic rings. The van der Waals surface area contributed by atoms with Crippen molar-refractivity contribution in [2.75, 3.05) is 33.8 Å². The van der Waals surface area contributed by atoms with Gasteiger partial charge in [-0.2, -0.15) is 26.3 Å². The number of carbonyl (C=O) groups is 2. The van der Waals surface area contributed by atoms with Gasteiger partial charge in [-0.3, -0.25) is 4.79 Å². The summed E-state index contributed by atoms with van der Waals surface area (Å²) in [6, 6.07) is 0. The molecule has 0 aliphatic heterocycles. The Morgan fingerprint density at radius 3 is 1.54 bits per heavy atom. The molecule has 232 valence electrons. The molecule has 0 radical (unpaired) electrons. The summed E-state index contributed by atoms with van der Waals surface area (Å²) in [5, 5.41) is 8.55. The van der Waals surface area contributed by atoms with Crippen LogP contribution in [-0.4, -0.2) is 83.2 Å². The summed E-state index contributed by atoms with van der Waals surface area (Å²) in [6.07, 6.45) is 11.9. The predicted octanol–water partition coefficient (Wildman–Crippen LogP) is 4.84. The fourth-order valence-electron chi connectivity index (χ4n) is 2.83. The van der Waals surface area contributed by atoms with Crippen molar-refractivity contribution in [2.45, 2.75) is 75.2 Å². The van der Waals surface area contributed by atoms with Gasteiger partial charge in [0, 0.05) is 12.5 Å². The van der Waals surface area contributed by atoms with Crippen molar-refractivity contribution < 1.29 is 67.1 Å². The van der Waals surface area contributed by atoms with Crippen molar-refractivity contribution in [1.29, 1.82) is 0 Å². The standard InChI is InChI=1S/C19H35NO4.C2F6NO4S2/c1-4-19(23)24-17-16-20(2,3)15-13-11-9-7-5-6-8-10-12-14-18(21)22;3-1(4,5)14(10,11)9-15(12,13)2(6,7)8/h4H,1,5-17H2,2-3H3;/q;-1/p+1. The molecule has 0 aromatic carbocycles. The number of halogens is 6. The first kappa shape index (κ1) is 39.2. The van der Waals surface area contributed by atoms with Crippen molar-refractivity contribution >= 4 is 32.0 Å². The second-order valence-electron chi connectivity index (χ2n) is 9.00. The van der Waals surface area contributed by atoms with Gasteiger partial charge in [0.2, 0.25) is 0 Å². The molecule has 39 heavy (non-hydrogen) atoms. The summed E-state index contributed by atoms with van der Waals surface area (Å²) in [4.78, 5) is 21.4. The Hall–Kier alpha value is -1.92. The molecular formula is C21H36F6N2O8S2. The predicted molar refractivity (Wildman–Crippen MR) is 130 cm³/mol. The maximum atomic E-state index is 11.4. The maximum Gasteiger partial charge on any atom is 0.480 e. The fourth-order valence-corrected chi connectivity index (χ4v) is 4.54. The van der Waals surface area contributed by atoms with Crippen LogP contribution in [0.5, 0.6) is 0 Å². The van der Waals surface area contributed by atoms with Crippen LogP contribution in [0.15, 0.2) is 12.7 Å². The highest BCUT2D eigenvalue weighted by Gasteiger charge is 2.46. The van der Waals surface area contributed by atoms with E-state index in [1.807, 2.05) is 0 Å². The number of hydrogen-bond donors (Lipinski definition) is 1. The molecule has 0 saturated heterocycles. The number of hydrogen-bond acceptors (Lipinski definition) is 7. The van der Waals surface area contributed by atoms with E-state index in [-0.39, 0.29) is 5.97 Å². The van der Waals surface area contributed by atoms with Gasteiger partial charge in [0.1, 0.15) is 13.2 Å². The number of rotatable bonds is 18. The van der Waals surface area contributed by atoms with Gasteiger partial charge in [-0.15, -0.1) is 0 Å². The third-order valence-electron chi connectivity index (χ3n) is 5.04. The molecular weight excluding hydrogens is 586 g/mol. The van der Waals surface area contributed by atoms with Gasteiger partial charge in [-0.1, -0.05) is 45.1 Å². The number of carbonyl (C=O) groups excluding carboxylic acids is 1. The first-order valence-electron chi connectivity index (χ1n) is 11.8. The van der Waals surface area contributed by atoms with Crippen molar-refractivity contribution in [2.24, 2.45) is 0 Å². The second-order valence-corrected chi connectivity index (χ2v) is 12.4. The number of carboxylic acid groups (broad SMARTS) is 1. The molecule has 0 saturated carbocycles. The SMILES string of the molecule is C=CC(=O)OCC[N+](C)(C)CCCCCCCCCCCC(=O)O.O=S(=O)([N-]S(=O)(=O)C(F)(F)F)C(F)(F)F. The molecule has 0 rings (SSSR count). The first-order valence-corrected chi connectivity index (χ1v) is 14.7. The monoisotopic (exact) mass is 622 g/mol. The molecule has 10 nitrogen and oxygen atoms in total. The minimum atomic E-state index is -6.72. The Bertz CT molecular complexity index is 924. The molecule has 0 amide bonds. The van der Waals surface area contributed by atoms with Crippen molar-refractivity contribution in [1.82, 2.24) is 0 Å². The van der Waals surface area contributed by atoms with Crippen LogP contribution in [-0.2, 0) is 34.4 Å². The minimum absolute atomic E-state index is 0.306. The molecule has 0 fully saturated rings. The normalized spacial score (nSPS) is 12.8. The van der Waals surface area contributed by atoms with Crippen molar-refractivity contribution in [3.8, 4) is 0 Å². The lowest BCUT2D eigenvalue weighted by Gasteiger charge is -2.29. The number of sulfonamides is 2. The molecule has 0 aromatic heterocycles. The number of likely N-dealkylation sites (N-methyl/N-ethyl adjacent to an activating group) is 1. The summed E-state index contributed by atoms with van der Waals surface area (Å²) in [5.41, 5.74) is -12.4. The number of unbranched alkanes of at least 4 members (excludes halogenated alkanes) is 8. The third-order valence-corrected chi connectivity index (χ3v) is 7.78. The van der Waals surface area contributed by atoms with Crippen LogP contribution in [0.1, 0.15) is 64.2 Å². The minimum Gasteiger partial charge on any atom is -0.481 e. The first-order chi connectivity index (χ1) is 17.6. The zero-order chi connectivity index (χ0) is 31.0. The summed E-state index contributed by atoms with van der Waals surface area (Å²) >= 11 is 0. The highest BCUT2D eigenvalue weighted by molar-refractivity contribution is 8.13. The topological polar surface area (TPSA) is 146 Å². The van der Waals surface area contributed by atoms with Crippen molar-refractivity contribution in [3.05, 3.63) is 16.8 Å². The van der Waals surface area contributed by atoms with E-state index in [0.29, 0.717) is 13.0 Å². The molecule has 0 atom stereocenters. The molecule has 0 unspecified atom stereocenters. The highest BCUT2D eigenvalue weighted by atomic mass is 32.3. The second kappa shape index (κ2) is 17.7. The van der Waals surface area contributed by atoms with Gasteiger partial charge < -0.3 is 18.5 Å². The summed E-state index contributed by atoms with van der Waals surface area (Å²) < 4.78 is 115. The van der Waals surface area contributed by atoms with E-state index in [9.17, 15) is 52.8 Å². The smallest absolute Gasteiger partial charge is 0.480 e.